The van der Waals surface area contributed by atoms with Crippen LogP contribution in [0.4, 0.5) is 0 Å². The third-order valence-corrected chi connectivity index (χ3v) is 2.96. The molecule has 0 amide bonds. The zero-order chi connectivity index (χ0) is 7.84. The van der Waals surface area contributed by atoms with E-state index in [1.165, 1.54) is 19.4 Å². The van der Waals surface area contributed by atoms with Gasteiger partial charge in [0.2, 0.25) is 0 Å². The molecule has 12 heavy (non-hydrogen) atoms. The Morgan fingerprint density at radius 3 is 2.33 bits per heavy atom. The van der Waals surface area contributed by atoms with Gasteiger partial charge in [-0.3, -0.25) is 0 Å². The van der Waals surface area contributed by atoms with Gasteiger partial charge in [-0.05, 0) is 32.9 Å². The van der Waals surface area contributed by atoms with Gasteiger partial charge in [-0.1, -0.05) is 6.42 Å². The van der Waals surface area contributed by atoms with Gasteiger partial charge < -0.3 is 10.2 Å². The van der Waals surface area contributed by atoms with Crippen LogP contribution in [0.3, 0.4) is 0 Å². The van der Waals surface area contributed by atoms with E-state index in [1.54, 1.807) is 0 Å². The molecule has 3 aliphatic heterocycles. The number of piperidine rings is 2. The zero-order valence-electron chi connectivity index (χ0n) is 8.45. The largest absolute Gasteiger partial charge is 1.00 e. The first-order chi connectivity index (χ1) is 5.27. The van der Waals surface area contributed by atoms with Gasteiger partial charge in [0.05, 0.1) is 0 Å². The molecule has 2 bridgehead atoms. The maximum atomic E-state index is 4.59. The van der Waals surface area contributed by atoms with Crippen LogP contribution < -0.4 is 51.4 Å². The molecule has 2 atom stereocenters. The molecule has 0 saturated carbocycles. The second-order valence-corrected chi connectivity index (χ2v) is 4.04. The van der Waals surface area contributed by atoms with Crippen LogP contribution in [-0.2, 0) is 0 Å². The van der Waals surface area contributed by atoms with E-state index in [2.05, 4.69) is 24.1 Å². The number of nitrogens with zero attached hydrogens (tertiary/aromatic N) is 2. The molecule has 3 heteroatoms. The van der Waals surface area contributed by atoms with E-state index in [4.69, 9.17) is 0 Å². The van der Waals surface area contributed by atoms with Crippen LogP contribution in [0.25, 0.3) is 5.32 Å². The summed E-state index contributed by atoms with van der Waals surface area (Å²) in [5.41, 5.74) is 0. The van der Waals surface area contributed by atoms with E-state index >= 15 is 0 Å². The van der Waals surface area contributed by atoms with Gasteiger partial charge in [-0.2, -0.15) is 0 Å². The minimum absolute atomic E-state index is 0. The van der Waals surface area contributed by atoms with Crippen LogP contribution >= 0.6 is 0 Å². The molecular formula is C9H17KN2. The Morgan fingerprint density at radius 1 is 1.33 bits per heavy atom. The molecule has 0 N–H and O–H groups in total. The molecule has 3 heterocycles. The molecule has 64 valence electrons. The van der Waals surface area contributed by atoms with Gasteiger partial charge in [-0.25, -0.2) is 0 Å². The summed E-state index contributed by atoms with van der Waals surface area (Å²) in [7, 11) is 0. The maximum Gasteiger partial charge on any atom is 1.00 e. The summed E-state index contributed by atoms with van der Waals surface area (Å²) in [6.07, 6.45) is 2.72. The van der Waals surface area contributed by atoms with E-state index in [1.807, 2.05) is 0 Å². The molecule has 0 radical (unpaired) electrons. The van der Waals surface area contributed by atoms with Crippen LogP contribution in [0.1, 0.15) is 26.7 Å². The summed E-state index contributed by atoms with van der Waals surface area (Å²) < 4.78 is 0. The summed E-state index contributed by atoms with van der Waals surface area (Å²) in [6, 6.07) is 2.17. The normalized spacial score (nSPS) is 35.2. The van der Waals surface area contributed by atoms with Crippen molar-refractivity contribution in [2.75, 3.05) is 13.1 Å². The van der Waals surface area contributed by atoms with Crippen molar-refractivity contribution in [1.82, 2.24) is 4.90 Å². The van der Waals surface area contributed by atoms with Gasteiger partial charge in [0.25, 0.3) is 0 Å². The van der Waals surface area contributed by atoms with Crippen LogP contribution in [0, 0.1) is 0 Å². The molecule has 0 aromatic heterocycles. The SMILES string of the molecule is CC(C)N1CC2CCC1C[N-]2.[K+]. The second kappa shape index (κ2) is 4.87. The topological polar surface area (TPSA) is 17.3 Å². The first kappa shape index (κ1) is 11.6. The Morgan fingerprint density at radius 2 is 2.08 bits per heavy atom. The van der Waals surface area contributed by atoms with Crippen LogP contribution in [0.2, 0.25) is 0 Å². The number of fused-ring (bicyclic) bond motifs is 3. The summed E-state index contributed by atoms with van der Waals surface area (Å²) >= 11 is 0. The first-order valence-corrected chi connectivity index (χ1v) is 4.69. The zero-order valence-corrected chi connectivity index (χ0v) is 11.6. The van der Waals surface area contributed by atoms with Crippen LogP contribution in [0.5, 0.6) is 0 Å². The quantitative estimate of drug-likeness (QED) is 0.468. The molecule has 3 aliphatic rings. The van der Waals surface area contributed by atoms with Crippen molar-refractivity contribution in [3.8, 4) is 0 Å². The number of hydrogen-bond acceptors (Lipinski definition) is 1. The summed E-state index contributed by atoms with van der Waals surface area (Å²) in [5.74, 6) is 0. The standard InChI is InChI=1S/C9H17N2.K/c1-7(2)11-6-8-3-4-9(11)5-10-8;/h7-9H,3-6H2,1-2H3;/q-1;+1. The van der Waals surface area contributed by atoms with Gasteiger partial charge in [-0.15, -0.1) is 12.6 Å². The monoisotopic (exact) mass is 192 g/mol. The van der Waals surface area contributed by atoms with Crippen LogP contribution in [-0.4, -0.2) is 36.1 Å². The van der Waals surface area contributed by atoms with E-state index in [0.717, 1.165) is 18.6 Å². The minimum atomic E-state index is 0. The average Bonchev–Trinajstić information content (AvgIpc) is 2.06. The smallest absolute Gasteiger partial charge is 0.657 e. The Bertz CT molecular complexity index is 141. The molecule has 0 spiro atoms. The molecule has 2 unspecified atom stereocenters. The molecule has 3 fully saturated rings. The third kappa shape index (κ3) is 2.32. The Balaban J connectivity index is 0.000000720. The molecule has 3 saturated heterocycles. The van der Waals surface area contributed by atoms with Crippen molar-refractivity contribution in [2.45, 2.75) is 44.8 Å². The maximum absolute atomic E-state index is 4.59. The van der Waals surface area contributed by atoms with Crippen molar-refractivity contribution in [3.05, 3.63) is 5.32 Å². The minimum Gasteiger partial charge on any atom is -0.657 e. The fourth-order valence-electron chi connectivity index (χ4n) is 2.28. The molecule has 0 aromatic rings. The summed E-state index contributed by atoms with van der Waals surface area (Å²) in [4.78, 5) is 2.61. The number of rotatable bonds is 1. The van der Waals surface area contributed by atoms with E-state index in [9.17, 15) is 0 Å². The second-order valence-electron chi connectivity index (χ2n) is 4.04. The predicted molar refractivity (Wildman–Crippen MR) is 46.9 cm³/mol. The van der Waals surface area contributed by atoms with E-state index < -0.39 is 0 Å². The van der Waals surface area contributed by atoms with Crippen LogP contribution in [0.15, 0.2) is 0 Å². The summed E-state index contributed by atoms with van der Waals surface area (Å²) in [5, 5.41) is 4.59. The summed E-state index contributed by atoms with van der Waals surface area (Å²) in [6.45, 7) is 6.91. The number of hydrogen-bond donors (Lipinski definition) is 0. The predicted octanol–water partition coefficient (Wildman–Crippen LogP) is -1.38. The van der Waals surface area contributed by atoms with Gasteiger partial charge >= 0.3 is 51.4 Å². The Kier molecular flexibility index (Phi) is 4.72. The van der Waals surface area contributed by atoms with Crippen molar-refractivity contribution in [1.29, 1.82) is 0 Å². The van der Waals surface area contributed by atoms with Crippen molar-refractivity contribution < 1.29 is 51.4 Å². The van der Waals surface area contributed by atoms with E-state index in [-0.39, 0.29) is 51.4 Å². The van der Waals surface area contributed by atoms with Gasteiger partial charge in [0, 0.05) is 6.04 Å². The Labute approximate surface area is 118 Å². The van der Waals surface area contributed by atoms with Crippen molar-refractivity contribution in [2.24, 2.45) is 0 Å². The molecule has 0 aliphatic carbocycles. The number of piperazine rings is 1. The molecule has 2 nitrogen and oxygen atoms in total. The molecular weight excluding hydrogens is 175 g/mol. The van der Waals surface area contributed by atoms with Crippen molar-refractivity contribution in [3.63, 3.8) is 0 Å². The third-order valence-electron chi connectivity index (χ3n) is 2.96. The van der Waals surface area contributed by atoms with Crippen molar-refractivity contribution >= 4 is 0 Å². The van der Waals surface area contributed by atoms with Gasteiger partial charge in [0.15, 0.2) is 0 Å². The fourth-order valence-corrected chi connectivity index (χ4v) is 2.28. The molecule has 3 rings (SSSR count). The average molecular weight is 192 g/mol. The Hall–Kier alpha value is 1.56. The fraction of sp³-hybridized carbons (Fsp3) is 1.00. The van der Waals surface area contributed by atoms with E-state index in [0.29, 0.717) is 6.04 Å². The molecule has 0 aromatic carbocycles. The van der Waals surface area contributed by atoms with Gasteiger partial charge in [0.1, 0.15) is 0 Å². The first-order valence-electron chi connectivity index (χ1n) is 4.69.